The van der Waals surface area contributed by atoms with E-state index in [4.69, 9.17) is 10.5 Å². The van der Waals surface area contributed by atoms with E-state index < -0.39 is 0 Å². The lowest BCUT2D eigenvalue weighted by Crippen LogP contribution is -2.11. The zero-order chi connectivity index (χ0) is 16.2. The van der Waals surface area contributed by atoms with Crippen LogP contribution in [-0.2, 0) is 4.79 Å². The third-order valence-electron chi connectivity index (χ3n) is 2.82. The van der Waals surface area contributed by atoms with Crippen LogP contribution in [0.2, 0.25) is 0 Å². The maximum absolute atomic E-state index is 12.0. The van der Waals surface area contributed by atoms with E-state index in [2.05, 4.69) is 20.5 Å². The second kappa shape index (κ2) is 7.11. The molecule has 0 saturated heterocycles. The Bertz CT molecular complexity index is 832. The van der Waals surface area contributed by atoms with E-state index in [1.54, 1.807) is 7.11 Å². The van der Waals surface area contributed by atoms with Gasteiger partial charge in [0, 0.05) is 12.2 Å². The Morgan fingerprint density at radius 3 is 3.00 bits per heavy atom. The van der Waals surface area contributed by atoms with Gasteiger partial charge in [0.25, 0.3) is 0 Å². The van der Waals surface area contributed by atoms with E-state index in [0.29, 0.717) is 22.4 Å². The highest BCUT2D eigenvalue weighted by molar-refractivity contribution is 8.01. The molecule has 0 bridgehead atoms. The van der Waals surface area contributed by atoms with Gasteiger partial charge < -0.3 is 15.8 Å². The van der Waals surface area contributed by atoms with Crippen LogP contribution < -0.4 is 15.8 Å². The summed E-state index contributed by atoms with van der Waals surface area (Å²) in [6.07, 6.45) is 0.364. The third-order valence-corrected chi connectivity index (χ3v) is 5.64. The van der Waals surface area contributed by atoms with Gasteiger partial charge in [0.2, 0.25) is 11.0 Å². The van der Waals surface area contributed by atoms with Crippen LogP contribution in [0.25, 0.3) is 10.2 Å². The van der Waals surface area contributed by atoms with Crippen LogP contribution >= 0.6 is 34.4 Å². The summed E-state index contributed by atoms with van der Waals surface area (Å²) < 4.78 is 6.92. The quantitative estimate of drug-likeness (QED) is 0.646. The third kappa shape index (κ3) is 4.09. The van der Waals surface area contributed by atoms with Gasteiger partial charge in [-0.3, -0.25) is 4.79 Å². The monoisotopic (exact) mass is 367 g/mol. The molecule has 2 aromatic heterocycles. The Labute approximate surface area is 144 Å². The Balaban J connectivity index is 1.55. The standard InChI is InChI=1S/C13H13N5O2S3/c1-20-7-2-3-8-9(6-7)22-12(15-8)16-10(19)4-5-21-13-18-17-11(14)23-13/h2-3,6H,4-5H2,1H3,(H2,14,17)(H,15,16,19). The zero-order valence-electron chi connectivity index (χ0n) is 12.1. The number of thiazole rings is 1. The first-order valence-electron chi connectivity index (χ1n) is 6.60. The number of aromatic nitrogens is 3. The van der Waals surface area contributed by atoms with Crippen molar-refractivity contribution in [3.63, 3.8) is 0 Å². The van der Waals surface area contributed by atoms with E-state index >= 15 is 0 Å². The number of amides is 1. The van der Waals surface area contributed by atoms with Crippen molar-refractivity contribution in [3.8, 4) is 5.75 Å². The molecule has 7 nitrogen and oxygen atoms in total. The van der Waals surface area contributed by atoms with E-state index in [1.165, 1.54) is 34.4 Å². The Kier molecular flexibility index (Phi) is 4.94. The number of nitrogens with two attached hydrogens (primary N) is 1. The van der Waals surface area contributed by atoms with Gasteiger partial charge in [-0.2, -0.15) is 0 Å². The minimum atomic E-state index is -0.0824. The van der Waals surface area contributed by atoms with Crippen molar-refractivity contribution in [1.29, 1.82) is 0 Å². The summed E-state index contributed by atoms with van der Waals surface area (Å²) in [6.45, 7) is 0. The van der Waals surface area contributed by atoms with Crippen molar-refractivity contribution < 1.29 is 9.53 Å². The van der Waals surface area contributed by atoms with Gasteiger partial charge in [-0.05, 0) is 18.2 Å². The van der Waals surface area contributed by atoms with E-state index in [-0.39, 0.29) is 5.91 Å². The molecule has 0 unspecified atom stereocenters. The van der Waals surface area contributed by atoms with Gasteiger partial charge in [-0.1, -0.05) is 34.4 Å². The first-order chi connectivity index (χ1) is 11.1. The molecule has 0 aliphatic rings. The van der Waals surface area contributed by atoms with Crippen LogP contribution in [0.4, 0.5) is 10.3 Å². The number of carbonyl (C=O) groups is 1. The smallest absolute Gasteiger partial charge is 0.226 e. The fourth-order valence-electron chi connectivity index (χ4n) is 1.78. The predicted octanol–water partition coefficient (Wildman–Crippen LogP) is 2.86. The van der Waals surface area contributed by atoms with Gasteiger partial charge in [0.1, 0.15) is 5.75 Å². The van der Waals surface area contributed by atoms with Crippen LogP contribution in [0.1, 0.15) is 6.42 Å². The second-order valence-corrected chi connectivity index (χ2v) is 7.79. The molecule has 120 valence electrons. The fraction of sp³-hybridized carbons (Fsp3) is 0.231. The Morgan fingerprint density at radius 2 is 2.26 bits per heavy atom. The number of thioether (sulfide) groups is 1. The first kappa shape index (κ1) is 16.0. The first-order valence-corrected chi connectivity index (χ1v) is 9.22. The fourth-order valence-corrected chi connectivity index (χ4v) is 4.33. The molecule has 0 fully saturated rings. The largest absolute Gasteiger partial charge is 0.497 e. The number of ether oxygens (including phenoxy) is 1. The van der Waals surface area contributed by atoms with Gasteiger partial charge in [-0.15, -0.1) is 10.2 Å². The number of carbonyl (C=O) groups excluding carboxylic acids is 1. The van der Waals surface area contributed by atoms with Crippen LogP contribution in [-0.4, -0.2) is 34.0 Å². The molecule has 3 aromatic rings. The molecule has 1 amide bonds. The maximum atomic E-state index is 12.0. The lowest BCUT2D eigenvalue weighted by Gasteiger charge is -1.99. The molecular formula is C13H13N5O2S3. The van der Waals surface area contributed by atoms with Crippen LogP contribution in [0.15, 0.2) is 22.5 Å². The Morgan fingerprint density at radius 1 is 1.39 bits per heavy atom. The number of hydrogen-bond acceptors (Lipinski definition) is 9. The molecular weight excluding hydrogens is 354 g/mol. The minimum absolute atomic E-state index is 0.0824. The van der Waals surface area contributed by atoms with Crippen molar-refractivity contribution in [1.82, 2.24) is 15.2 Å². The average Bonchev–Trinajstić information content (AvgIpc) is 3.11. The Hall–Kier alpha value is -1.91. The molecule has 3 rings (SSSR count). The molecule has 23 heavy (non-hydrogen) atoms. The number of nitrogens with zero attached hydrogens (tertiary/aromatic N) is 3. The van der Waals surface area contributed by atoms with E-state index in [9.17, 15) is 4.79 Å². The number of hydrogen-bond donors (Lipinski definition) is 2. The molecule has 0 radical (unpaired) electrons. The highest BCUT2D eigenvalue weighted by Crippen LogP contribution is 2.29. The van der Waals surface area contributed by atoms with Gasteiger partial charge >= 0.3 is 0 Å². The van der Waals surface area contributed by atoms with E-state index in [1.807, 2.05) is 18.2 Å². The summed E-state index contributed by atoms with van der Waals surface area (Å²) in [5.74, 6) is 1.30. The summed E-state index contributed by atoms with van der Waals surface area (Å²) in [7, 11) is 1.62. The minimum Gasteiger partial charge on any atom is -0.497 e. The van der Waals surface area contributed by atoms with Gasteiger partial charge in [-0.25, -0.2) is 4.98 Å². The van der Waals surface area contributed by atoms with Crippen LogP contribution in [0.3, 0.4) is 0 Å². The molecule has 3 N–H and O–H groups in total. The number of nitrogen functional groups attached to an aromatic ring is 1. The highest BCUT2D eigenvalue weighted by atomic mass is 32.2. The molecule has 0 aliphatic carbocycles. The number of methoxy groups -OCH3 is 1. The summed E-state index contributed by atoms with van der Waals surface area (Å²) in [5, 5.41) is 11.5. The molecule has 0 spiro atoms. The molecule has 0 atom stereocenters. The van der Waals surface area contributed by atoms with Crippen molar-refractivity contribution in [2.45, 2.75) is 10.8 Å². The molecule has 0 saturated carbocycles. The average molecular weight is 367 g/mol. The summed E-state index contributed by atoms with van der Waals surface area (Å²) in [5.41, 5.74) is 6.34. The number of fused-ring (bicyclic) bond motifs is 1. The van der Waals surface area contributed by atoms with Crippen molar-refractivity contribution in [3.05, 3.63) is 18.2 Å². The number of benzene rings is 1. The highest BCUT2D eigenvalue weighted by Gasteiger charge is 2.09. The van der Waals surface area contributed by atoms with Crippen LogP contribution in [0.5, 0.6) is 5.75 Å². The number of nitrogens with one attached hydrogen (secondary N) is 1. The van der Waals surface area contributed by atoms with Crippen molar-refractivity contribution in [2.75, 3.05) is 23.9 Å². The molecule has 10 heteroatoms. The topological polar surface area (TPSA) is 103 Å². The number of anilines is 2. The summed E-state index contributed by atoms with van der Waals surface area (Å²) in [4.78, 5) is 16.4. The van der Waals surface area contributed by atoms with Gasteiger partial charge in [0.05, 0.1) is 17.3 Å². The van der Waals surface area contributed by atoms with Gasteiger partial charge in [0.15, 0.2) is 9.47 Å². The SMILES string of the molecule is COc1ccc2nc(NC(=O)CCSc3nnc(N)s3)sc2c1. The summed E-state index contributed by atoms with van der Waals surface area (Å²) >= 11 is 4.20. The number of rotatable bonds is 6. The predicted molar refractivity (Wildman–Crippen MR) is 94.5 cm³/mol. The van der Waals surface area contributed by atoms with E-state index in [0.717, 1.165) is 20.3 Å². The zero-order valence-corrected chi connectivity index (χ0v) is 14.6. The molecule has 1 aromatic carbocycles. The summed E-state index contributed by atoms with van der Waals surface area (Å²) in [6, 6.07) is 5.62. The second-order valence-electron chi connectivity index (χ2n) is 4.41. The lowest BCUT2D eigenvalue weighted by molar-refractivity contribution is -0.115. The van der Waals surface area contributed by atoms with Crippen LogP contribution in [0, 0.1) is 0 Å². The molecule has 2 heterocycles. The maximum Gasteiger partial charge on any atom is 0.226 e. The normalized spacial score (nSPS) is 10.8. The lowest BCUT2D eigenvalue weighted by atomic mass is 10.3. The van der Waals surface area contributed by atoms with Crippen molar-refractivity contribution in [2.24, 2.45) is 0 Å². The molecule has 0 aliphatic heterocycles. The van der Waals surface area contributed by atoms with Crippen molar-refractivity contribution >= 4 is 60.8 Å².